The maximum Gasteiger partial charge on any atom is 0.227 e. The van der Waals surface area contributed by atoms with Crippen LogP contribution in [-0.2, 0) is 0 Å². The van der Waals surface area contributed by atoms with Crippen molar-refractivity contribution in [1.82, 2.24) is 24.7 Å². The first-order chi connectivity index (χ1) is 14.2. The highest BCUT2D eigenvalue weighted by Crippen LogP contribution is 2.33. The number of nitrogens with one attached hydrogen (secondary N) is 1. The number of anilines is 2. The van der Waals surface area contributed by atoms with Gasteiger partial charge in [-0.05, 0) is 29.8 Å². The van der Waals surface area contributed by atoms with Crippen LogP contribution in [0.3, 0.4) is 0 Å². The van der Waals surface area contributed by atoms with Crippen LogP contribution in [0.25, 0.3) is 17.0 Å². The maximum absolute atomic E-state index is 6.40. The quantitative estimate of drug-likeness (QED) is 0.544. The number of imidazole rings is 1. The second-order valence-corrected chi connectivity index (χ2v) is 7.24. The molecule has 1 radical (unpaired) electrons. The smallest absolute Gasteiger partial charge is 0.227 e. The third-order valence-corrected chi connectivity index (χ3v) is 5.32. The molecule has 0 atom stereocenters. The van der Waals surface area contributed by atoms with Gasteiger partial charge in [-0.25, -0.2) is 20.3 Å². The summed E-state index contributed by atoms with van der Waals surface area (Å²) in [6, 6.07) is 11.9. The first kappa shape index (κ1) is 17.9. The van der Waals surface area contributed by atoms with Gasteiger partial charge in [-0.3, -0.25) is 4.40 Å². The van der Waals surface area contributed by atoms with Crippen LogP contribution in [0.1, 0.15) is 11.5 Å². The molecule has 1 N–H and O–H groups in total. The highest BCUT2D eigenvalue weighted by atomic mass is 35.5. The molecular formula is C21H18ClN6O. The average Bonchev–Trinajstić information content (AvgIpc) is 3.13. The normalized spacial score (nSPS) is 14.0. The number of halogens is 1. The highest BCUT2D eigenvalue weighted by Gasteiger charge is 2.21. The monoisotopic (exact) mass is 405 g/mol. The predicted molar refractivity (Wildman–Crippen MR) is 112 cm³/mol. The lowest BCUT2D eigenvalue weighted by atomic mass is 9.93. The molecule has 7 nitrogen and oxygen atoms in total. The van der Waals surface area contributed by atoms with E-state index >= 15 is 0 Å². The van der Waals surface area contributed by atoms with E-state index in [1.807, 2.05) is 40.9 Å². The molecule has 1 aromatic carbocycles. The summed E-state index contributed by atoms with van der Waals surface area (Å²) < 4.78 is 7.51. The summed E-state index contributed by atoms with van der Waals surface area (Å²) in [6.45, 7) is 1.75. The summed E-state index contributed by atoms with van der Waals surface area (Å²) in [6.07, 6.45) is 5.27. The SMILES string of the molecule is COc1cc(C2C[N]C2)ccc1Nc1ncc(Cl)c(-c2cnc3ccccn23)n1. The van der Waals surface area contributed by atoms with Gasteiger partial charge in [-0.2, -0.15) is 0 Å². The molecule has 0 amide bonds. The number of benzene rings is 1. The van der Waals surface area contributed by atoms with Crippen molar-refractivity contribution < 1.29 is 4.74 Å². The third-order valence-electron chi connectivity index (χ3n) is 5.05. The second-order valence-electron chi connectivity index (χ2n) is 6.83. The standard InChI is InChI=1S/C21H18ClN6O/c1-29-18-8-13(14-9-23-10-14)5-6-16(18)26-21-25-11-15(22)20(27-21)17-12-24-19-4-2-3-7-28(17)19/h2-8,11-12,14H,9-10H2,1H3,(H,25,26,27). The van der Waals surface area contributed by atoms with Crippen molar-refractivity contribution in [3.8, 4) is 17.1 Å². The molecule has 3 aromatic heterocycles. The van der Waals surface area contributed by atoms with Crippen molar-refractivity contribution in [2.24, 2.45) is 0 Å². The topological polar surface area (TPSA) is 78.4 Å². The van der Waals surface area contributed by atoms with Crippen molar-refractivity contribution >= 4 is 28.9 Å². The van der Waals surface area contributed by atoms with E-state index in [4.69, 9.17) is 16.3 Å². The fourth-order valence-corrected chi connectivity index (χ4v) is 3.56. The van der Waals surface area contributed by atoms with E-state index in [0.29, 0.717) is 22.6 Å². The Morgan fingerprint density at radius 3 is 2.83 bits per heavy atom. The number of pyridine rings is 1. The van der Waals surface area contributed by atoms with Gasteiger partial charge >= 0.3 is 0 Å². The Labute approximate surface area is 172 Å². The molecule has 1 saturated heterocycles. The number of aromatic nitrogens is 4. The fraction of sp³-hybridized carbons (Fsp3) is 0.190. The van der Waals surface area contributed by atoms with Gasteiger partial charge in [-0.1, -0.05) is 23.7 Å². The molecule has 8 heteroatoms. The van der Waals surface area contributed by atoms with Gasteiger partial charge in [0.2, 0.25) is 5.95 Å². The number of rotatable bonds is 5. The fourth-order valence-electron chi connectivity index (χ4n) is 3.37. The van der Waals surface area contributed by atoms with Crippen LogP contribution in [0.5, 0.6) is 5.75 Å². The van der Waals surface area contributed by atoms with Gasteiger partial charge in [0.15, 0.2) is 0 Å². The number of hydrogen-bond donors (Lipinski definition) is 1. The molecule has 29 heavy (non-hydrogen) atoms. The minimum absolute atomic E-state index is 0.431. The predicted octanol–water partition coefficient (Wildman–Crippen LogP) is 3.90. The Hall–Kier alpha value is -3.16. The van der Waals surface area contributed by atoms with E-state index in [0.717, 1.165) is 35.9 Å². The number of ether oxygens (including phenoxy) is 1. The zero-order valence-corrected chi connectivity index (χ0v) is 16.5. The second kappa shape index (κ2) is 7.35. The minimum Gasteiger partial charge on any atom is -0.495 e. The molecule has 0 aliphatic carbocycles. The molecule has 145 valence electrons. The molecule has 1 aliphatic rings. The number of hydrogen-bond acceptors (Lipinski definition) is 5. The van der Waals surface area contributed by atoms with E-state index in [1.54, 1.807) is 19.5 Å². The molecule has 5 rings (SSSR count). The van der Waals surface area contributed by atoms with Gasteiger partial charge in [0.05, 0.1) is 35.9 Å². The van der Waals surface area contributed by atoms with Gasteiger partial charge in [0.25, 0.3) is 0 Å². The van der Waals surface area contributed by atoms with Gasteiger partial charge in [-0.15, -0.1) is 0 Å². The summed E-state index contributed by atoms with van der Waals surface area (Å²) in [7, 11) is 1.65. The summed E-state index contributed by atoms with van der Waals surface area (Å²) in [5.41, 5.74) is 4.25. The van der Waals surface area contributed by atoms with Crippen molar-refractivity contribution in [2.45, 2.75) is 5.92 Å². The van der Waals surface area contributed by atoms with E-state index in [2.05, 4.69) is 31.7 Å². The van der Waals surface area contributed by atoms with Crippen LogP contribution >= 0.6 is 11.6 Å². The summed E-state index contributed by atoms with van der Waals surface area (Å²) >= 11 is 6.40. The number of fused-ring (bicyclic) bond motifs is 1. The maximum atomic E-state index is 6.40. The van der Waals surface area contributed by atoms with E-state index in [9.17, 15) is 0 Å². The molecule has 0 unspecified atom stereocenters. The van der Waals surface area contributed by atoms with E-state index in [1.165, 1.54) is 5.56 Å². The Kier molecular flexibility index (Phi) is 4.54. The lowest BCUT2D eigenvalue weighted by Crippen LogP contribution is -2.33. The molecule has 1 aliphatic heterocycles. The first-order valence-electron chi connectivity index (χ1n) is 9.26. The van der Waals surface area contributed by atoms with Gasteiger partial charge < -0.3 is 10.1 Å². The third kappa shape index (κ3) is 3.28. The molecule has 0 saturated carbocycles. The Morgan fingerprint density at radius 1 is 1.14 bits per heavy atom. The molecule has 4 aromatic rings. The highest BCUT2D eigenvalue weighted by molar-refractivity contribution is 6.32. The molecule has 4 heterocycles. The average molecular weight is 406 g/mol. The molecule has 1 fully saturated rings. The van der Waals surface area contributed by atoms with Crippen LogP contribution in [0.15, 0.2) is 55.0 Å². The van der Waals surface area contributed by atoms with Crippen LogP contribution < -0.4 is 15.4 Å². The van der Waals surface area contributed by atoms with Crippen molar-refractivity contribution in [3.05, 3.63) is 65.6 Å². The van der Waals surface area contributed by atoms with Gasteiger partial charge in [0, 0.05) is 25.2 Å². The Bertz CT molecular complexity index is 1190. The van der Waals surface area contributed by atoms with Crippen LogP contribution in [0.2, 0.25) is 5.02 Å². The first-order valence-corrected chi connectivity index (χ1v) is 9.64. The summed E-state index contributed by atoms with van der Waals surface area (Å²) in [5, 5.41) is 7.99. The van der Waals surface area contributed by atoms with Crippen molar-refractivity contribution in [2.75, 3.05) is 25.5 Å². The van der Waals surface area contributed by atoms with Crippen molar-refractivity contribution in [3.63, 3.8) is 0 Å². The number of methoxy groups -OCH3 is 1. The lowest BCUT2D eigenvalue weighted by molar-refractivity contribution is 0.409. The zero-order valence-electron chi connectivity index (χ0n) is 15.7. The van der Waals surface area contributed by atoms with Crippen LogP contribution in [0.4, 0.5) is 11.6 Å². The van der Waals surface area contributed by atoms with E-state index in [-0.39, 0.29) is 0 Å². The van der Waals surface area contributed by atoms with Gasteiger partial charge in [0.1, 0.15) is 17.1 Å². The molecule has 0 bridgehead atoms. The molecule has 0 spiro atoms. The number of nitrogens with zero attached hydrogens (tertiary/aromatic N) is 5. The minimum atomic E-state index is 0.431. The van der Waals surface area contributed by atoms with Crippen molar-refractivity contribution in [1.29, 1.82) is 0 Å². The van der Waals surface area contributed by atoms with Crippen LogP contribution in [-0.4, -0.2) is 39.6 Å². The Morgan fingerprint density at radius 2 is 2.03 bits per heavy atom. The zero-order chi connectivity index (χ0) is 19.8. The summed E-state index contributed by atoms with van der Waals surface area (Å²) in [4.78, 5) is 13.4. The summed E-state index contributed by atoms with van der Waals surface area (Å²) in [5.74, 6) is 1.65. The largest absolute Gasteiger partial charge is 0.495 e. The lowest BCUT2D eigenvalue weighted by Gasteiger charge is -2.26. The Balaban J connectivity index is 1.49. The molecular weight excluding hydrogens is 388 g/mol. The van der Waals surface area contributed by atoms with E-state index < -0.39 is 0 Å². The van der Waals surface area contributed by atoms with Crippen LogP contribution in [0, 0.1) is 0 Å².